The lowest BCUT2D eigenvalue weighted by Crippen LogP contribution is -2.16. The summed E-state index contributed by atoms with van der Waals surface area (Å²) in [6.45, 7) is 16.5. The molecule has 1 fully saturated rings. The molecule has 0 aromatic heterocycles. The van der Waals surface area contributed by atoms with Crippen LogP contribution in [0, 0.1) is 5.41 Å². The largest absolute Gasteiger partial charge is 0.478 e. The molecular formula is C27H42O9. The molecule has 9 heteroatoms. The predicted molar refractivity (Wildman–Crippen MR) is 137 cm³/mol. The smallest absolute Gasteiger partial charge is 0.334 e. The monoisotopic (exact) mass is 510 g/mol. The molecule has 0 heterocycles. The Kier molecular flexibility index (Phi) is 19.5. The minimum Gasteiger partial charge on any atom is -0.478 e. The number of hydrogen-bond acceptors (Lipinski definition) is 8. The number of rotatable bonds is 14. The molecule has 1 aliphatic carbocycles. The maximum Gasteiger partial charge on any atom is 0.334 e. The van der Waals surface area contributed by atoms with Crippen LogP contribution in [0.3, 0.4) is 0 Å². The van der Waals surface area contributed by atoms with Crippen molar-refractivity contribution in [2.24, 2.45) is 5.41 Å². The molecule has 0 aromatic rings. The maximum absolute atomic E-state index is 11.4. The van der Waals surface area contributed by atoms with Gasteiger partial charge in [0.25, 0.3) is 0 Å². The molecule has 0 amide bonds. The van der Waals surface area contributed by atoms with Crippen molar-refractivity contribution in [3.63, 3.8) is 0 Å². The first-order chi connectivity index (χ1) is 16.9. The van der Waals surface area contributed by atoms with Crippen LogP contribution in [0.2, 0.25) is 0 Å². The third-order valence-corrected chi connectivity index (χ3v) is 4.99. The van der Waals surface area contributed by atoms with Crippen LogP contribution in [0.25, 0.3) is 0 Å². The SMILES string of the molecule is C=C(C(=O)OCCO)C1(C=CC(=O)O)CC1.C=C(C)C(=O)OC.C=C(CC)C(=O)OCCCCCC. The molecule has 0 unspecified atom stereocenters. The van der Waals surface area contributed by atoms with Crippen molar-refractivity contribution in [3.05, 3.63) is 48.6 Å². The second-order valence-corrected chi connectivity index (χ2v) is 8.09. The first-order valence-corrected chi connectivity index (χ1v) is 11.9. The van der Waals surface area contributed by atoms with Crippen molar-refractivity contribution in [1.29, 1.82) is 0 Å². The van der Waals surface area contributed by atoms with Gasteiger partial charge in [-0.15, -0.1) is 0 Å². The fourth-order valence-corrected chi connectivity index (χ4v) is 2.48. The van der Waals surface area contributed by atoms with Gasteiger partial charge in [-0.3, -0.25) is 0 Å². The van der Waals surface area contributed by atoms with E-state index in [4.69, 9.17) is 19.7 Å². The molecule has 1 aliphatic rings. The second-order valence-electron chi connectivity index (χ2n) is 8.09. The number of carbonyl (C=O) groups excluding carboxylic acids is 3. The van der Waals surface area contributed by atoms with Crippen LogP contribution in [-0.4, -0.2) is 61.0 Å². The Balaban J connectivity index is 0. The minimum atomic E-state index is -1.05. The molecule has 0 radical (unpaired) electrons. The third kappa shape index (κ3) is 16.4. The normalized spacial score (nSPS) is 12.6. The Bertz CT molecular complexity index is 789. The predicted octanol–water partition coefficient (Wildman–Crippen LogP) is 4.31. The fourth-order valence-electron chi connectivity index (χ4n) is 2.48. The average Bonchev–Trinajstić information content (AvgIpc) is 3.66. The van der Waals surface area contributed by atoms with Crippen molar-refractivity contribution < 1.29 is 43.6 Å². The van der Waals surface area contributed by atoms with Crippen LogP contribution in [-0.2, 0) is 33.4 Å². The van der Waals surface area contributed by atoms with Crippen LogP contribution in [0.1, 0.15) is 65.7 Å². The molecular weight excluding hydrogens is 468 g/mol. The summed E-state index contributed by atoms with van der Waals surface area (Å²) in [7, 11) is 1.33. The van der Waals surface area contributed by atoms with Gasteiger partial charge in [0.2, 0.25) is 0 Å². The lowest BCUT2D eigenvalue weighted by Gasteiger charge is -2.12. The molecule has 1 saturated carbocycles. The number of carbonyl (C=O) groups is 4. The highest BCUT2D eigenvalue weighted by Crippen LogP contribution is 2.52. The molecule has 9 nitrogen and oxygen atoms in total. The molecule has 0 bridgehead atoms. The Morgan fingerprint density at radius 3 is 1.89 bits per heavy atom. The molecule has 0 saturated heterocycles. The van der Waals surface area contributed by atoms with Crippen LogP contribution >= 0.6 is 0 Å². The number of carboxylic acid groups (broad SMARTS) is 1. The number of allylic oxidation sites excluding steroid dienone is 1. The van der Waals surface area contributed by atoms with Crippen molar-refractivity contribution in [1.82, 2.24) is 0 Å². The van der Waals surface area contributed by atoms with Gasteiger partial charge in [0, 0.05) is 28.2 Å². The van der Waals surface area contributed by atoms with E-state index in [1.165, 1.54) is 26.0 Å². The summed E-state index contributed by atoms with van der Waals surface area (Å²) in [5.74, 6) is -2.22. The van der Waals surface area contributed by atoms with E-state index >= 15 is 0 Å². The number of methoxy groups -OCH3 is 1. The van der Waals surface area contributed by atoms with Crippen LogP contribution in [0.15, 0.2) is 48.6 Å². The summed E-state index contributed by atoms with van der Waals surface area (Å²) in [5, 5.41) is 17.0. The van der Waals surface area contributed by atoms with Gasteiger partial charge in [-0.2, -0.15) is 0 Å². The van der Waals surface area contributed by atoms with Gasteiger partial charge in [0.15, 0.2) is 0 Å². The van der Waals surface area contributed by atoms with E-state index in [-0.39, 0.29) is 30.7 Å². The molecule has 0 spiro atoms. The maximum atomic E-state index is 11.4. The van der Waals surface area contributed by atoms with Gasteiger partial charge in [-0.05, 0) is 32.6 Å². The first kappa shape index (κ1) is 35.0. The summed E-state index contributed by atoms with van der Waals surface area (Å²) in [6.07, 6.45) is 9.08. The van der Waals surface area contributed by atoms with Crippen LogP contribution in [0.4, 0.5) is 0 Å². The lowest BCUT2D eigenvalue weighted by molar-refractivity contribution is -0.141. The first-order valence-electron chi connectivity index (χ1n) is 11.9. The summed E-state index contributed by atoms with van der Waals surface area (Å²) in [6, 6.07) is 0. The standard InChI is InChI=1S/C11H14O5.C11H20O2.C5H8O2/c1-8(10(15)16-7-6-12)11(4-5-11)3-2-9(13)14;1-4-6-7-8-9-13-11(12)10(3)5-2;1-4(2)5(6)7-3/h2-3,12H,1,4-7H2,(H,13,14);3-9H2,1-2H3;1H2,2-3H3. The summed E-state index contributed by atoms with van der Waals surface area (Å²) in [4.78, 5) is 43.1. The van der Waals surface area contributed by atoms with E-state index in [1.54, 1.807) is 6.92 Å². The average molecular weight is 511 g/mol. The number of aliphatic carboxylic acids is 1. The van der Waals surface area contributed by atoms with Crippen molar-refractivity contribution in [2.75, 3.05) is 26.9 Å². The van der Waals surface area contributed by atoms with Crippen LogP contribution in [0.5, 0.6) is 0 Å². The van der Waals surface area contributed by atoms with E-state index in [1.807, 2.05) is 6.92 Å². The van der Waals surface area contributed by atoms with Gasteiger partial charge >= 0.3 is 23.9 Å². The number of hydrogen-bond donors (Lipinski definition) is 2. The Morgan fingerprint density at radius 2 is 1.50 bits per heavy atom. The Hall–Kier alpha value is -3.20. The fraction of sp³-hybridized carbons (Fsp3) is 0.556. The van der Waals surface area contributed by atoms with Crippen LogP contribution < -0.4 is 0 Å². The number of aliphatic hydroxyl groups excluding tert-OH is 1. The van der Waals surface area contributed by atoms with E-state index in [0.717, 1.165) is 18.9 Å². The van der Waals surface area contributed by atoms with E-state index in [9.17, 15) is 19.2 Å². The summed E-state index contributed by atoms with van der Waals surface area (Å²) in [5.41, 5.74) is 0.696. The lowest BCUT2D eigenvalue weighted by atomic mass is 9.97. The molecule has 1 rings (SSSR count). The quantitative estimate of drug-likeness (QED) is 0.152. The van der Waals surface area contributed by atoms with E-state index in [0.29, 0.717) is 37.0 Å². The highest BCUT2D eigenvalue weighted by atomic mass is 16.5. The van der Waals surface area contributed by atoms with E-state index < -0.39 is 17.4 Å². The zero-order valence-corrected chi connectivity index (χ0v) is 22.1. The number of ether oxygens (including phenoxy) is 3. The topological polar surface area (TPSA) is 136 Å². The van der Waals surface area contributed by atoms with Crippen molar-refractivity contribution >= 4 is 23.9 Å². The van der Waals surface area contributed by atoms with Gasteiger partial charge < -0.3 is 24.4 Å². The number of carboxylic acids is 1. The molecule has 0 atom stereocenters. The van der Waals surface area contributed by atoms with E-state index in [2.05, 4.69) is 31.4 Å². The second kappa shape index (κ2) is 20.0. The van der Waals surface area contributed by atoms with Gasteiger partial charge in [0.05, 0.1) is 20.3 Å². The van der Waals surface area contributed by atoms with Crippen molar-refractivity contribution in [2.45, 2.75) is 65.7 Å². The number of aliphatic hydroxyl groups is 1. The number of esters is 3. The van der Waals surface area contributed by atoms with Gasteiger partial charge in [0.1, 0.15) is 6.61 Å². The number of unbranched alkanes of at least 4 members (excludes halogenated alkanes) is 3. The highest BCUT2D eigenvalue weighted by molar-refractivity contribution is 5.91. The summed E-state index contributed by atoms with van der Waals surface area (Å²) < 4.78 is 14.0. The summed E-state index contributed by atoms with van der Waals surface area (Å²) >= 11 is 0. The minimum absolute atomic E-state index is 0.0728. The van der Waals surface area contributed by atoms with Crippen molar-refractivity contribution in [3.8, 4) is 0 Å². The Labute approximate surface area is 214 Å². The Morgan fingerprint density at radius 1 is 0.917 bits per heavy atom. The third-order valence-electron chi connectivity index (χ3n) is 4.99. The highest BCUT2D eigenvalue weighted by Gasteiger charge is 2.46. The molecule has 204 valence electrons. The molecule has 0 aliphatic heterocycles. The molecule has 0 aromatic carbocycles. The van der Waals surface area contributed by atoms with Gasteiger partial charge in [-0.25, -0.2) is 19.2 Å². The zero-order valence-electron chi connectivity index (χ0n) is 22.1. The molecule has 36 heavy (non-hydrogen) atoms. The molecule has 2 N–H and O–H groups in total. The van der Waals surface area contributed by atoms with Gasteiger partial charge in [-0.1, -0.05) is 58.9 Å². The zero-order chi connectivity index (χ0) is 28.1.